The highest BCUT2D eigenvalue weighted by Gasteiger charge is 2.16. The van der Waals surface area contributed by atoms with Gasteiger partial charge in [-0.05, 0) is 51.8 Å². The number of nitrogens with one attached hydrogen (secondary N) is 1. The number of aromatic nitrogens is 3. The summed E-state index contributed by atoms with van der Waals surface area (Å²) in [6.07, 6.45) is 4.50. The lowest BCUT2D eigenvalue weighted by atomic mass is 10.1. The Labute approximate surface area is 149 Å². The van der Waals surface area contributed by atoms with Gasteiger partial charge in [-0.2, -0.15) is 0 Å². The number of aliphatic hydroxyl groups is 1. The maximum Gasteiger partial charge on any atom is 0.180 e. The lowest BCUT2D eigenvalue weighted by Gasteiger charge is -2.29. The maximum absolute atomic E-state index is 9.57. The summed E-state index contributed by atoms with van der Waals surface area (Å²) < 4.78 is 0. The highest BCUT2D eigenvalue weighted by molar-refractivity contribution is 5.56. The van der Waals surface area contributed by atoms with E-state index in [4.69, 9.17) is 0 Å². The molecule has 3 heterocycles. The van der Waals surface area contributed by atoms with Crippen molar-refractivity contribution in [3.63, 3.8) is 0 Å². The van der Waals surface area contributed by atoms with E-state index in [-0.39, 0.29) is 6.10 Å². The van der Waals surface area contributed by atoms with Gasteiger partial charge in [-0.15, -0.1) is 0 Å². The summed E-state index contributed by atoms with van der Waals surface area (Å²) in [5.74, 6) is 1.55. The number of rotatable bonds is 6. The molecule has 134 valence electrons. The third-order valence-electron chi connectivity index (χ3n) is 4.78. The predicted octanol–water partition coefficient (Wildman–Crippen LogP) is 2.41. The van der Waals surface area contributed by atoms with Crippen molar-refractivity contribution < 1.29 is 5.11 Å². The zero-order valence-electron chi connectivity index (χ0n) is 15.1. The van der Waals surface area contributed by atoms with E-state index in [2.05, 4.69) is 25.2 Å². The Morgan fingerprint density at radius 3 is 2.72 bits per heavy atom. The van der Waals surface area contributed by atoms with Gasteiger partial charge in [0.15, 0.2) is 5.82 Å². The molecule has 0 aromatic carbocycles. The summed E-state index contributed by atoms with van der Waals surface area (Å²) in [5, 5.41) is 13.0. The van der Waals surface area contributed by atoms with E-state index in [0.29, 0.717) is 5.82 Å². The number of hydrogen-bond donors (Lipinski definition) is 2. The number of aryl methyl sites for hydroxylation is 1. The van der Waals surface area contributed by atoms with Crippen molar-refractivity contribution in [1.29, 1.82) is 0 Å². The SMILES string of the molecule is Cc1nc(-c2ccccn2)nc(NCCCN2CCC(O)CC2)c1C. The second kappa shape index (κ2) is 8.36. The van der Waals surface area contributed by atoms with Gasteiger partial charge < -0.3 is 15.3 Å². The average Bonchev–Trinajstić information content (AvgIpc) is 2.64. The maximum atomic E-state index is 9.57. The molecule has 0 amide bonds. The molecule has 0 bridgehead atoms. The van der Waals surface area contributed by atoms with Crippen LogP contribution in [0.1, 0.15) is 30.5 Å². The van der Waals surface area contributed by atoms with Crippen LogP contribution in [0.4, 0.5) is 5.82 Å². The largest absolute Gasteiger partial charge is 0.393 e. The van der Waals surface area contributed by atoms with Crippen LogP contribution >= 0.6 is 0 Å². The summed E-state index contributed by atoms with van der Waals surface area (Å²) in [6.45, 7) is 7.97. The molecule has 6 nitrogen and oxygen atoms in total. The molecule has 1 fully saturated rings. The number of nitrogens with zero attached hydrogens (tertiary/aromatic N) is 4. The molecule has 1 saturated heterocycles. The fourth-order valence-electron chi connectivity index (χ4n) is 3.06. The fraction of sp³-hybridized carbons (Fsp3) is 0.526. The van der Waals surface area contributed by atoms with Crippen molar-refractivity contribution in [2.75, 3.05) is 31.5 Å². The average molecular weight is 341 g/mol. The monoisotopic (exact) mass is 341 g/mol. The summed E-state index contributed by atoms with van der Waals surface area (Å²) in [5.41, 5.74) is 2.85. The Morgan fingerprint density at radius 1 is 1.20 bits per heavy atom. The van der Waals surface area contributed by atoms with E-state index in [1.54, 1.807) is 6.20 Å². The molecule has 3 rings (SSSR count). The number of hydrogen-bond acceptors (Lipinski definition) is 6. The standard InChI is InChI=1S/C19H27N5O/c1-14-15(2)22-19(17-6-3-4-9-20-17)23-18(14)21-10-5-11-24-12-7-16(25)8-13-24/h3-4,6,9,16,25H,5,7-8,10-13H2,1-2H3,(H,21,22,23). The molecule has 2 N–H and O–H groups in total. The first-order valence-electron chi connectivity index (χ1n) is 9.04. The predicted molar refractivity (Wildman–Crippen MR) is 99.5 cm³/mol. The van der Waals surface area contributed by atoms with Gasteiger partial charge in [0, 0.05) is 37.1 Å². The zero-order valence-corrected chi connectivity index (χ0v) is 15.1. The molecule has 2 aromatic heterocycles. The second-order valence-corrected chi connectivity index (χ2v) is 6.67. The minimum Gasteiger partial charge on any atom is -0.393 e. The van der Waals surface area contributed by atoms with Crippen LogP contribution in [0.2, 0.25) is 0 Å². The van der Waals surface area contributed by atoms with E-state index in [1.807, 2.05) is 32.0 Å². The van der Waals surface area contributed by atoms with Crippen molar-refractivity contribution >= 4 is 5.82 Å². The van der Waals surface area contributed by atoms with Crippen LogP contribution in [-0.4, -0.2) is 57.2 Å². The number of aliphatic hydroxyl groups excluding tert-OH is 1. The van der Waals surface area contributed by atoms with E-state index in [0.717, 1.165) is 68.2 Å². The molecular formula is C19H27N5O. The molecule has 0 unspecified atom stereocenters. The fourth-order valence-corrected chi connectivity index (χ4v) is 3.06. The van der Waals surface area contributed by atoms with Gasteiger partial charge in [0.2, 0.25) is 0 Å². The Hall–Kier alpha value is -2.05. The zero-order chi connectivity index (χ0) is 17.6. The van der Waals surface area contributed by atoms with Gasteiger partial charge >= 0.3 is 0 Å². The normalized spacial score (nSPS) is 16.1. The van der Waals surface area contributed by atoms with Gasteiger partial charge in [-0.1, -0.05) is 6.07 Å². The molecule has 0 radical (unpaired) electrons. The van der Waals surface area contributed by atoms with Crippen LogP contribution in [0.3, 0.4) is 0 Å². The van der Waals surface area contributed by atoms with Crippen LogP contribution < -0.4 is 5.32 Å². The highest BCUT2D eigenvalue weighted by atomic mass is 16.3. The molecule has 1 aliphatic rings. The summed E-state index contributed by atoms with van der Waals surface area (Å²) in [4.78, 5) is 16.0. The molecule has 2 aromatic rings. The number of pyridine rings is 1. The van der Waals surface area contributed by atoms with Crippen molar-refractivity contribution in [2.24, 2.45) is 0 Å². The number of likely N-dealkylation sites (tertiary alicyclic amines) is 1. The van der Waals surface area contributed by atoms with E-state index < -0.39 is 0 Å². The Kier molecular flexibility index (Phi) is 5.94. The van der Waals surface area contributed by atoms with Gasteiger partial charge in [0.05, 0.1) is 6.10 Å². The van der Waals surface area contributed by atoms with Crippen LogP contribution in [0.15, 0.2) is 24.4 Å². The minimum absolute atomic E-state index is 0.106. The Morgan fingerprint density at radius 2 is 2.00 bits per heavy atom. The smallest absolute Gasteiger partial charge is 0.180 e. The molecule has 1 aliphatic heterocycles. The van der Waals surface area contributed by atoms with Crippen molar-refractivity contribution in [3.05, 3.63) is 35.7 Å². The first-order valence-corrected chi connectivity index (χ1v) is 9.04. The molecular weight excluding hydrogens is 314 g/mol. The molecule has 6 heteroatoms. The first kappa shape index (κ1) is 17.8. The number of anilines is 1. The minimum atomic E-state index is -0.106. The van der Waals surface area contributed by atoms with Crippen LogP contribution in [0, 0.1) is 13.8 Å². The van der Waals surface area contributed by atoms with Crippen LogP contribution in [-0.2, 0) is 0 Å². The number of piperidine rings is 1. The Bertz CT molecular complexity index is 684. The molecule has 0 saturated carbocycles. The topological polar surface area (TPSA) is 74.2 Å². The third-order valence-corrected chi connectivity index (χ3v) is 4.78. The third kappa shape index (κ3) is 4.74. The van der Waals surface area contributed by atoms with Crippen LogP contribution in [0.25, 0.3) is 11.5 Å². The molecule has 0 spiro atoms. The lowest BCUT2D eigenvalue weighted by Crippen LogP contribution is -2.36. The van der Waals surface area contributed by atoms with Gasteiger partial charge in [-0.3, -0.25) is 4.98 Å². The van der Waals surface area contributed by atoms with Gasteiger partial charge in [0.25, 0.3) is 0 Å². The lowest BCUT2D eigenvalue weighted by molar-refractivity contribution is 0.0825. The second-order valence-electron chi connectivity index (χ2n) is 6.67. The van der Waals surface area contributed by atoms with E-state index in [9.17, 15) is 5.11 Å². The summed E-state index contributed by atoms with van der Waals surface area (Å²) in [6, 6.07) is 5.77. The molecule has 25 heavy (non-hydrogen) atoms. The van der Waals surface area contributed by atoms with Crippen LogP contribution in [0.5, 0.6) is 0 Å². The van der Waals surface area contributed by atoms with Gasteiger partial charge in [0.1, 0.15) is 11.5 Å². The summed E-state index contributed by atoms with van der Waals surface area (Å²) in [7, 11) is 0. The van der Waals surface area contributed by atoms with E-state index >= 15 is 0 Å². The molecule has 0 aliphatic carbocycles. The van der Waals surface area contributed by atoms with Crippen molar-refractivity contribution in [1.82, 2.24) is 19.9 Å². The molecule has 0 atom stereocenters. The van der Waals surface area contributed by atoms with Crippen molar-refractivity contribution in [2.45, 2.75) is 39.2 Å². The highest BCUT2D eigenvalue weighted by Crippen LogP contribution is 2.20. The quantitative estimate of drug-likeness (QED) is 0.786. The van der Waals surface area contributed by atoms with Gasteiger partial charge in [-0.25, -0.2) is 9.97 Å². The van der Waals surface area contributed by atoms with E-state index in [1.165, 1.54) is 0 Å². The first-order chi connectivity index (χ1) is 12.1. The summed E-state index contributed by atoms with van der Waals surface area (Å²) >= 11 is 0. The van der Waals surface area contributed by atoms with Crippen molar-refractivity contribution in [3.8, 4) is 11.5 Å². The Balaban J connectivity index is 1.57.